The van der Waals surface area contributed by atoms with E-state index in [1.54, 1.807) is 0 Å². The zero-order valence-corrected chi connectivity index (χ0v) is 10.8. The molecule has 0 aliphatic carbocycles. The van der Waals surface area contributed by atoms with Crippen LogP contribution in [0.2, 0.25) is 0 Å². The minimum Gasteiger partial charge on any atom is -0.319 e. The van der Waals surface area contributed by atoms with E-state index in [9.17, 15) is 0 Å². The highest BCUT2D eigenvalue weighted by Crippen LogP contribution is 2.35. The molecule has 2 aliphatic rings. The molecule has 0 N–H and O–H groups in total. The zero-order chi connectivity index (χ0) is 10.9. The number of quaternary nitrogens is 1. The Kier molecular flexibility index (Phi) is 3.39. The maximum Gasteiger partial charge on any atom is 0.0866 e. The van der Waals surface area contributed by atoms with Crippen LogP contribution in [-0.4, -0.2) is 29.7 Å². The summed E-state index contributed by atoms with van der Waals surface area (Å²) in [6.07, 6.45) is 8.82. The third-order valence-corrected chi connectivity index (χ3v) is 5.23. The highest BCUT2D eigenvalue weighted by atomic mass is 15.4. The molecular formula is C14H28N+. The van der Waals surface area contributed by atoms with E-state index in [0.717, 1.165) is 18.0 Å². The maximum atomic E-state index is 2.52. The molecular weight excluding hydrogens is 182 g/mol. The molecule has 2 aliphatic heterocycles. The molecule has 2 heterocycles. The van der Waals surface area contributed by atoms with E-state index < -0.39 is 0 Å². The Morgan fingerprint density at radius 3 is 2.13 bits per heavy atom. The van der Waals surface area contributed by atoms with Crippen LogP contribution in [0.3, 0.4) is 0 Å². The molecule has 1 nitrogen and oxygen atoms in total. The van der Waals surface area contributed by atoms with Crippen molar-refractivity contribution in [3.63, 3.8) is 0 Å². The van der Waals surface area contributed by atoms with Gasteiger partial charge in [0, 0.05) is 6.42 Å². The number of piperidine rings is 1. The first-order chi connectivity index (χ1) is 7.15. The average molecular weight is 210 g/mol. The summed E-state index contributed by atoms with van der Waals surface area (Å²) >= 11 is 0. The lowest BCUT2D eigenvalue weighted by Gasteiger charge is -2.49. The Hall–Kier alpha value is -0.0400. The number of hydrogen-bond acceptors (Lipinski definition) is 0. The molecule has 3 unspecified atom stereocenters. The van der Waals surface area contributed by atoms with Crippen molar-refractivity contribution >= 4 is 0 Å². The molecule has 3 atom stereocenters. The summed E-state index contributed by atoms with van der Waals surface area (Å²) in [7, 11) is 0. The standard InChI is InChI=1S/C14H28N/c1-12-7-8-13(2)15(14(3)11-12)9-5-4-6-10-15/h12-14H,4-11H2,1-3H3/q+1. The molecule has 1 spiro atoms. The minimum absolute atomic E-state index is 0.915. The van der Waals surface area contributed by atoms with Gasteiger partial charge in [-0.1, -0.05) is 6.92 Å². The van der Waals surface area contributed by atoms with Gasteiger partial charge >= 0.3 is 0 Å². The molecule has 0 aromatic rings. The molecule has 2 rings (SSSR count). The van der Waals surface area contributed by atoms with E-state index >= 15 is 0 Å². The largest absolute Gasteiger partial charge is 0.319 e. The fourth-order valence-electron chi connectivity index (χ4n) is 4.11. The monoisotopic (exact) mass is 210 g/mol. The van der Waals surface area contributed by atoms with Crippen LogP contribution >= 0.6 is 0 Å². The molecule has 0 amide bonds. The van der Waals surface area contributed by atoms with Crippen molar-refractivity contribution in [3.8, 4) is 0 Å². The fourth-order valence-corrected chi connectivity index (χ4v) is 4.11. The zero-order valence-electron chi connectivity index (χ0n) is 10.8. The van der Waals surface area contributed by atoms with Gasteiger partial charge in [0.2, 0.25) is 0 Å². The molecule has 0 aromatic carbocycles. The van der Waals surface area contributed by atoms with Crippen molar-refractivity contribution in [2.24, 2.45) is 5.92 Å². The summed E-state index contributed by atoms with van der Waals surface area (Å²) < 4.78 is 1.46. The van der Waals surface area contributed by atoms with Gasteiger partial charge in [0.05, 0.1) is 25.2 Å². The van der Waals surface area contributed by atoms with Crippen LogP contribution in [0.25, 0.3) is 0 Å². The van der Waals surface area contributed by atoms with Crippen molar-refractivity contribution < 1.29 is 4.48 Å². The van der Waals surface area contributed by atoms with Gasteiger partial charge in [0.15, 0.2) is 0 Å². The summed E-state index contributed by atoms with van der Waals surface area (Å²) in [5, 5.41) is 0. The average Bonchev–Trinajstić information content (AvgIpc) is 2.34. The van der Waals surface area contributed by atoms with Gasteiger partial charge in [0.25, 0.3) is 0 Å². The van der Waals surface area contributed by atoms with Crippen LogP contribution in [0, 0.1) is 5.92 Å². The highest BCUT2D eigenvalue weighted by Gasteiger charge is 2.42. The van der Waals surface area contributed by atoms with Gasteiger partial charge in [-0.3, -0.25) is 0 Å². The quantitative estimate of drug-likeness (QED) is 0.536. The van der Waals surface area contributed by atoms with Gasteiger partial charge < -0.3 is 4.48 Å². The lowest BCUT2D eigenvalue weighted by Crippen LogP contribution is -2.61. The molecule has 0 bridgehead atoms. The predicted molar refractivity (Wildman–Crippen MR) is 65.8 cm³/mol. The topological polar surface area (TPSA) is 0 Å². The summed E-state index contributed by atoms with van der Waals surface area (Å²) in [4.78, 5) is 0. The Morgan fingerprint density at radius 2 is 1.47 bits per heavy atom. The molecule has 0 aromatic heterocycles. The van der Waals surface area contributed by atoms with Crippen LogP contribution in [-0.2, 0) is 0 Å². The SMILES string of the molecule is CC1CCC(C)[N+]2(CCCCC2)C(C)C1. The Balaban J connectivity index is 2.17. The van der Waals surface area contributed by atoms with Crippen molar-refractivity contribution in [1.82, 2.24) is 0 Å². The third-order valence-electron chi connectivity index (χ3n) is 5.23. The minimum atomic E-state index is 0.915. The van der Waals surface area contributed by atoms with E-state index in [2.05, 4.69) is 20.8 Å². The van der Waals surface area contributed by atoms with E-state index in [1.165, 1.54) is 56.1 Å². The van der Waals surface area contributed by atoms with Gasteiger partial charge in [0.1, 0.15) is 0 Å². The van der Waals surface area contributed by atoms with Gasteiger partial charge in [-0.2, -0.15) is 0 Å². The second kappa shape index (κ2) is 4.45. The lowest BCUT2D eigenvalue weighted by atomic mass is 9.97. The van der Waals surface area contributed by atoms with Crippen LogP contribution in [0.5, 0.6) is 0 Å². The normalized spacial score (nSPS) is 41.4. The predicted octanol–water partition coefficient (Wildman–Crippen LogP) is 3.58. The summed E-state index contributed by atoms with van der Waals surface area (Å²) in [5.74, 6) is 0.960. The van der Waals surface area contributed by atoms with Crippen molar-refractivity contribution in [3.05, 3.63) is 0 Å². The molecule has 88 valence electrons. The first-order valence-electron chi connectivity index (χ1n) is 7.01. The Morgan fingerprint density at radius 1 is 0.800 bits per heavy atom. The molecule has 15 heavy (non-hydrogen) atoms. The van der Waals surface area contributed by atoms with E-state index in [0.29, 0.717) is 0 Å². The van der Waals surface area contributed by atoms with Crippen molar-refractivity contribution in [1.29, 1.82) is 0 Å². The molecule has 2 fully saturated rings. The van der Waals surface area contributed by atoms with Crippen molar-refractivity contribution in [2.45, 2.75) is 71.4 Å². The van der Waals surface area contributed by atoms with E-state index in [-0.39, 0.29) is 0 Å². The van der Waals surface area contributed by atoms with Crippen LogP contribution in [0.1, 0.15) is 59.3 Å². The summed E-state index contributed by atoms with van der Waals surface area (Å²) in [5.41, 5.74) is 0. The lowest BCUT2D eigenvalue weighted by molar-refractivity contribution is -0.973. The molecule has 1 heteroatoms. The van der Waals surface area contributed by atoms with E-state index in [4.69, 9.17) is 0 Å². The van der Waals surface area contributed by atoms with Gasteiger partial charge in [-0.05, 0) is 51.9 Å². The van der Waals surface area contributed by atoms with Crippen LogP contribution in [0.4, 0.5) is 0 Å². The van der Waals surface area contributed by atoms with Crippen molar-refractivity contribution in [2.75, 3.05) is 13.1 Å². The summed E-state index contributed by atoms with van der Waals surface area (Å²) in [6, 6.07) is 1.84. The summed E-state index contributed by atoms with van der Waals surface area (Å²) in [6.45, 7) is 10.4. The van der Waals surface area contributed by atoms with Crippen LogP contribution < -0.4 is 0 Å². The maximum absolute atomic E-state index is 2.52. The second-order valence-corrected chi connectivity index (χ2v) is 6.23. The fraction of sp³-hybridized carbons (Fsp3) is 1.00. The molecule has 0 saturated carbocycles. The number of hydrogen-bond donors (Lipinski definition) is 0. The highest BCUT2D eigenvalue weighted by molar-refractivity contribution is 4.73. The van der Waals surface area contributed by atoms with Gasteiger partial charge in [-0.15, -0.1) is 0 Å². The Bertz CT molecular complexity index is 205. The van der Waals surface area contributed by atoms with Gasteiger partial charge in [-0.25, -0.2) is 0 Å². The Labute approximate surface area is 95.4 Å². The number of rotatable bonds is 0. The first kappa shape index (κ1) is 11.4. The second-order valence-electron chi connectivity index (χ2n) is 6.23. The third kappa shape index (κ3) is 2.08. The molecule has 2 saturated heterocycles. The van der Waals surface area contributed by atoms with Crippen LogP contribution in [0.15, 0.2) is 0 Å². The number of nitrogens with zero attached hydrogens (tertiary/aromatic N) is 1. The smallest absolute Gasteiger partial charge is 0.0866 e. The molecule has 0 radical (unpaired) electrons. The first-order valence-corrected chi connectivity index (χ1v) is 7.01. The van der Waals surface area contributed by atoms with E-state index in [1.807, 2.05) is 0 Å².